The lowest BCUT2D eigenvalue weighted by molar-refractivity contribution is 1.18. The second kappa shape index (κ2) is 11.3. The number of rotatable bonds is 5. The Labute approximate surface area is 265 Å². The number of nitriles is 1. The number of aromatic nitrogens is 2. The molecule has 0 radical (unpaired) electrons. The van der Waals surface area contributed by atoms with Crippen LogP contribution in [0.4, 0.5) is 0 Å². The fraction of sp³-hybridized carbons (Fsp3) is 0. The molecule has 0 atom stereocenters. The van der Waals surface area contributed by atoms with Crippen LogP contribution in [0.2, 0.25) is 0 Å². The number of nitrogens with zero attached hydrogens (tertiary/aromatic N) is 3. The highest BCUT2D eigenvalue weighted by molar-refractivity contribution is 7.25. The van der Waals surface area contributed by atoms with Gasteiger partial charge in [-0.15, -0.1) is 11.3 Å². The Bertz CT molecular complexity index is 2370. The van der Waals surface area contributed by atoms with E-state index in [1.54, 1.807) is 0 Å². The van der Waals surface area contributed by atoms with E-state index < -0.39 is 0 Å². The van der Waals surface area contributed by atoms with Crippen molar-refractivity contribution in [2.75, 3.05) is 0 Å². The average Bonchev–Trinajstić information content (AvgIpc) is 3.50. The van der Waals surface area contributed by atoms with Crippen molar-refractivity contribution in [3.8, 4) is 62.2 Å². The molecular weight excluding hydrogens is 567 g/mol. The first-order chi connectivity index (χ1) is 22.2. The van der Waals surface area contributed by atoms with Gasteiger partial charge in [0, 0.05) is 36.9 Å². The molecule has 8 aromatic rings. The van der Waals surface area contributed by atoms with Crippen LogP contribution in [0.15, 0.2) is 152 Å². The lowest BCUT2D eigenvalue weighted by Gasteiger charge is -2.13. The van der Waals surface area contributed by atoms with Crippen molar-refractivity contribution in [2.45, 2.75) is 0 Å². The topological polar surface area (TPSA) is 49.6 Å². The fourth-order valence-corrected chi connectivity index (χ4v) is 6.91. The summed E-state index contributed by atoms with van der Waals surface area (Å²) in [5.41, 5.74) is 9.71. The van der Waals surface area contributed by atoms with E-state index in [-0.39, 0.29) is 0 Å². The zero-order chi connectivity index (χ0) is 30.2. The maximum Gasteiger partial charge on any atom is 0.160 e. The predicted octanol–water partition coefficient (Wildman–Crippen LogP) is 11.1. The Morgan fingerprint density at radius 1 is 0.422 bits per heavy atom. The monoisotopic (exact) mass is 591 g/mol. The molecule has 0 saturated heterocycles. The molecule has 0 saturated carbocycles. The highest BCUT2D eigenvalue weighted by Gasteiger charge is 2.14. The number of fused-ring (bicyclic) bond motifs is 3. The average molecular weight is 592 g/mol. The van der Waals surface area contributed by atoms with Crippen LogP contribution < -0.4 is 0 Å². The molecule has 4 heteroatoms. The van der Waals surface area contributed by atoms with Gasteiger partial charge in [0.05, 0.1) is 23.0 Å². The predicted molar refractivity (Wildman–Crippen MR) is 187 cm³/mol. The zero-order valence-corrected chi connectivity index (χ0v) is 25.0. The molecule has 0 fully saturated rings. The molecule has 0 unspecified atom stereocenters. The third-order valence-corrected chi connectivity index (χ3v) is 9.27. The fourth-order valence-electron chi connectivity index (χ4n) is 5.82. The second-order valence-corrected chi connectivity index (χ2v) is 12.1. The highest BCUT2D eigenvalue weighted by atomic mass is 32.1. The first-order valence-corrected chi connectivity index (χ1v) is 15.6. The summed E-state index contributed by atoms with van der Waals surface area (Å²) in [7, 11) is 0. The summed E-state index contributed by atoms with van der Waals surface area (Å²) in [6.07, 6.45) is 0. The van der Waals surface area contributed by atoms with Crippen molar-refractivity contribution in [2.24, 2.45) is 0 Å². The van der Waals surface area contributed by atoms with E-state index in [1.165, 1.54) is 20.2 Å². The highest BCUT2D eigenvalue weighted by Crippen LogP contribution is 2.39. The molecule has 0 aliphatic carbocycles. The van der Waals surface area contributed by atoms with Crippen molar-refractivity contribution < 1.29 is 0 Å². The summed E-state index contributed by atoms with van der Waals surface area (Å²) in [6.45, 7) is 0. The molecule has 0 aliphatic rings. The third-order valence-electron chi connectivity index (χ3n) is 8.11. The molecular formula is C41H25N3S. The number of hydrogen-bond donors (Lipinski definition) is 0. The maximum atomic E-state index is 9.35. The molecule has 2 aromatic heterocycles. The van der Waals surface area contributed by atoms with Crippen LogP contribution in [0, 0.1) is 11.3 Å². The summed E-state index contributed by atoms with van der Waals surface area (Å²) >= 11 is 1.83. The van der Waals surface area contributed by atoms with Crippen LogP contribution in [0.5, 0.6) is 0 Å². The Balaban J connectivity index is 1.34. The summed E-state index contributed by atoms with van der Waals surface area (Å²) in [5, 5.41) is 11.9. The van der Waals surface area contributed by atoms with Gasteiger partial charge in [0.15, 0.2) is 5.82 Å². The van der Waals surface area contributed by atoms with E-state index in [0.29, 0.717) is 11.4 Å². The van der Waals surface area contributed by atoms with Crippen molar-refractivity contribution in [3.63, 3.8) is 0 Å². The molecule has 2 heterocycles. The van der Waals surface area contributed by atoms with E-state index in [1.807, 2.05) is 72.0 Å². The van der Waals surface area contributed by atoms with Crippen molar-refractivity contribution in [1.82, 2.24) is 9.97 Å². The zero-order valence-electron chi connectivity index (χ0n) is 24.2. The van der Waals surface area contributed by atoms with Crippen LogP contribution in [-0.2, 0) is 0 Å². The minimum absolute atomic E-state index is 0.617. The summed E-state index contributed by atoms with van der Waals surface area (Å²) < 4.78 is 2.59. The lowest BCUT2D eigenvalue weighted by Crippen LogP contribution is -1.96. The van der Waals surface area contributed by atoms with E-state index >= 15 is 0 Å². The van der Waals surface area contributed by atoms with Crippen LogP contribution in [0.1, 0.15) is 5.56 Å². The first-order valence-electron chi connectivity index (χ1n) is 14.8. The maximum absolute atomic E-state index is 9.35. The third kappa shape index (κ3) is 5.16. The number of benzene rings is 6. The molecule has 0 aliphatic heterocycles. The minimum Gasteiger partial charge on any atom is -0.228 e. The smallest absolute Gasteiger partial charge is 0.160 e. The molecule has 8 rings (SSSR count). The van der Waals surface area contributed by atoms with E-state index in [0.717, 1.165) is 50.3 Å². The molecule has 6 aromatic carbocycles. The summed E-state index contributed by atoms with van der Waals surface area (Å²) in [4.78, 5) is 10.1. The number of hydrogen-bond acceptors (Lipinski definition) is 4. The van der Waals surface area contributed by atoms with Crippen LogP contribution in [0.3, 0.4) is 0 Å². The van der Waals surface area contributed by atoms with Gasteiger partial charge < -0.3 is 0 Å². The quantitative estimate of drug-likeness (QED) is 0.200. The van der Waals surface area contributed by atoms with Gasteiger partial charge in [-0.3, -0.25) is 0 Å². The van der Waals surface area contributed by atoms with Gasteiger partial charge in [0.25, 0.3) is 0 Å². The largest absolute Gasteiger partial charge is 0.228 e. The first kappa shape index (κ1) is 26.7. The van der Waals surface area contributed by atoms with Crippen LogP contribution in [-0.4, -0.2) is 9.97 Å². The molecule has 45 heavy (non-hydrogen) atoms. The standard InChI is InChI=1S/C41H25N3S/c42-26-27-15-17-29(18-16-27)37-25-38(44-41(43-37)30-11-5-2-6-12-30)34-22-32(28-9-3-1-4-10-28)21-33(23-34)31-19-20-40-36(24-31)35-13-7-8-14-39(35)45-40/h1-25H. The van der Waals surface area contributed by atoms with Crippen LogP contribution >= 0.6 is 11.3 Å². The van der Waals surface area contributed by atoms with Gasteiger partial charge in [-0.2, -0.15) is 5.26 Å². The van der Waals surface area contributed by atoms with Gasteiger partial charge in [-0.05, 0) is 76.9 Å². The van der Waals surface area contributed by atoms with Crippen molar-refractivity contribution in [3.05, 3.63) is 157 Å². The van der Waals surface area contributed by atoms with Gasteiger partial charge in [0.2, 0.25) is 0 Å². The Hall–Kier alpha value is -5.89. The van der Waals surface area contributed by atoms with Gasteiger partial charge in [-0.25, -0.2) is 9.97 Å². The van der Waals surface area contributed by atoms with Gasteiger partial charge >= 0.3 is 0 Å². The Morgan fingerprint density at radius 2 is 1.00 bits per heavy atom. The molecule has 0 N–H and O–H groups in total. The molecule has 0 spiro atoms. The molecule has 3 nitrogen and oxygen atoms in total. The summed E-state index contributed by atoms with van der Waals surface area (Å²) in [5.74, 6) is 0.658. The van der Waals surface area contributed by atoms with E-state index in [9.17, 15) is 5.26 Å². The second-order valence-electron chi connectivity index (χ2n) is 11.0. The Morgan fingerprint density at radius 3 is 1.73 bits per heavy atom. The SMILES string of the molecule is N#Cc1ccc(-c2cc(-c3cc(-c4ccccc4)cc(-c4ccc5sc6ccccc6c5c4)c3)nc(-c3ccccc3)n2)cc1. The van der Waals surface area contributed by atoms with E-state index in [4.69, 9.17) is 9.97 Å². The van der Waals surface area contributed by atoms with Gasteiger partial charge in [0.1, 0.15) is 0 Å². The number of thiophene rings is 1. The molecule has 0 amide bonds. The normalized spacial score (nSPS) is 11.1. The molecule has 210 valence electrons. The van der Waals surface area contributed by atoms with Crippen LogP contribution in [0.25, 0.3) is 76.3 Å². The Kier molecular flexibility index (Phi) is 6.72. The van der Waals surface area contributed by atoms with E-state index in [2.05, 4.69) is 97.1 Å². The molecule has 0 bridgehead atoms. The van der Waals surface area contributed by atoms with Crippen molar-refractivity contribution in [1.29, 1.82) is 5.26 Å². The summed E-state index contributed by atoms with van der Waals surface area (Å²) in [6, 6.07) is 54.5. The van der Waals surface area contributed by atoms with Gasteiger partial charge in [-0.1, -0.05) is 97.1 Å². The van der Waals surface area contributed by atoms with Crippen molar-refractivity contribution >= 4 is 31.5 Å². The minimum atomic E-state index is 0.617. The lowest BCUT2D eigenvalue weighted by atomic mass is 9.94.